The van der Waals surface area contributed by atoms with Gasteiger partial charge in [-0.05, 0) is 62.7 Å². The van der Waals surface area contributed by atoms with Gasteiger partial charge in [0, 0.05) is 12.1 Å². The number of carbonyl (C=O) groups is 2. The van der Waals surface area contributed by atoms with Gasteiger partial charge in [0.15, 0.2) is 24.7 Å². The predicted octanol–water partition coefficient (Wildman–Crippen LogP) is 4.50. The first-order valence-corrected chi connectivity index (χ1v) is 11.5. The summed E-state index contributed by atoms with van der Waals surface area (Å²) in [6.45, 7) is 5.54. The Balaban J connectivity index is 0.00000481. The molecule has 0 fully saturated rings. The molecule has 0 aliphatic rings. The van der Waals surface area contributed by atoms with Gasteiger partial charge in [-0.15, -0.1) is 12.4 Å². The van der Waals surface area contributed by atoms with Crippen molar-refractivity contribution in [3.8, 4) is 23.0 Å². The van der Waals surface area contributed by atoms with Gasteiger partial charge in [0.25, 0.3) is 0 Å². The maximum Gasteiger partial charge on any atom is 0.349 e. The zero-order chi connectivity index (χ0) is 26.0. The summed E-state index contributed by atoms with van der Waals surface area (Å²) in [6.07, 6.45) is -0.881. The quantitative estimate of drug-likeness (QED) is 0.276. The van der Waals surface area contributed by atoms with Crippen molar-refractivity contribution in [2.45, 2.75) is 32.4 Å². The summed E-state index contributed by atoms with van der Waals surface area (Å²) >= 11 is 0. The molecule has 0 amide bonds. The van der Waals surface area contributed by atoms with E-state index in [1.807, 2.05) is 32.9 Å². The second kappa shape index (κ2) is 14.2. The summed E-state index contributed by atoms with van der Waals surface area (Å²) < 4.78 is 21.7. The van der Waals surface area contributed by atoms with Gasteiger partial charge in [0.05, 0.1) is 6.10 Å². The van der Waals surface area contributed by atoms with Crippen molar-refractivity contribution in [3.05, 3.63) is 84.4 Å². The molecule has 0 bridgehead atoms. The van der Waals surface area contributed by atoms with Crippen LogP contribution >= 0.6 is 12.4 Å². The van der Waals surface area contributed by atoms with Gasteiger partial charge in [0.2, 0.25) is 0 Å². The van der Waals surface area contributed by atoms with Crippen LogP contribution in [0.2, 0.25) is 0 Å². The molecule has 0 heterocycles. The monoisotopic (exact) mass is 529 g/mol. The Bertz CT molecular complexity index is 1130. The SMILES string of the molecule is CC(C)(C)NCC(O)c1ccc(OC(=O)COc2ccccc2)c(OC(=O)COc2ccccc2)c1.Cl. The van der Waals surface area contributed by atoms with Crippen molar-refractivity contribution >= 4 is 24.3 Å². The standard InChI is InChI=1S/C28H31NO7.ClH/c1-28(2,3)29-17-23(30)20-14-15-24(35-26(31)18-33-21-10-6-4-7-11-21)25(16-20)36-27(32)19-34-22-12-8-5-9-13-22;/h4-16,23,29-30H,17-19H2,1-3H3;1H. The van der Waals surface area contributed by atoms with Crippen LogP contribution in [-0.2, 0) is 9.59 Å². The number of ether oxygens (including phenoxy) is 4. The number of esters is 2. The summed E-state index contributed by atoms with van der Waals surface area (Å²) in [4.78, 5) is 24.9. The van der Waals surface area contributed by atoms with E-state index in [0.717, 1.165) is 0 Å². The van der Waals surface area contributed by atoms with E-state index in [0.29, 0.717) is 17.1 Å². The minimum Gasteiger partial charge on any atom is -0.482 e. The Morgan fingerprint density at radius 2 is 1.27 bits per heavy atom. The van der Waals surface area contributed by atoms with Crippen LogP contribution in [0.25, 0.3) is 0 Å². The highest BCUT2D eigenvalue weighted by molar-refractivity contribution is 5.85. The van der Waals surface area contributed by atoms with Crippen molar-refractivity contribution in [2.75, 3.05) is 19.8 Å². The second-order valence-electron chi connectivity index (χ2n) is 9.00. The van der Waals surface area contributed by atoms with E-state index in [9.17, 15) is 14.7 Å². The third-order valence-corrected chi connectivity index (χ3v) is 4.83. The lowest BCUT2D eigenvalue weighted by Gasteiger charge is -2.23. The Morgan fingerprint density at radius 1 is 0.784 bits per heavy atom. The lowest BCUT2D eigenvalue weighted by molar-refractivity contribution is -0.139. The average molecular weight is 530 g/mol. The first-order chi connectivity index (χ1) is 17.2. The van der Waals surface area contributed by atoms with Crippen molar-refractivity contribution in [1.82, 2.24) is 5.32 Å². The number of halogens is 1. The minimum atomic E-state index is -0.881. The van der Waals surface area contributed by atoms with Crippen molar-refractivity contribution in [1.29, 1.82) is 0 Å². The topological polar surface area (TPSA) is 103 Å². The fourth-order valence-corrected chi connectivity index (χ4v) is 3.04. The van der Waals surface area contributed by atoms with Crippen LogP contribution in [0.5, 0.6) is 23.0 Å². The molecule has 8 nitrogen and oxygen atoms in total. The molecule has 2 N–H and O–H groups in total. The Morgan fingerprint density at radius 3 is 1.76 bits per heavy atom. The van der Waals surface area contributed by atoms with E-state index in [4.69, 9.17) is 18.9 Å². The molecule has 0 saturated carbocycles. The molecule has 0 saturated heterocycles. The van der Waals surface area contributed by atoms with Gasteiger partial charge in [-0.3, -0.25) is 0 Å². The number of carbonyl (C=O) groups excluding carboxylic acids is 2. The lowest BCUT2D eigenvalue weighted by atomic mass is 10.1. The van der Waals surface area contributed by atoms with E-state index in [1.54, 1.807) is 54.6 Å². The third kappa shape index (κ3) is 10.5. The van der Waals surface area contributed by atoms with Crippen LogP contribution in [0.15, 0.2) is 78.9 Å². The molecular weight excluding hydrogens is 498 g/mol. The molecule has 0 spiro atoms. The fourth-order valence-electron chi connectivity index (χ4n) is 3.04. The molecular formula is C28H32ClNO7. The number of aliphatic hydroxyl groups is 1. The third-order valence-electron chi connectivity index (χ3n) is 4.83. The largest absolute Gasteiger partial charge is 0.482 e. The molecule has 0 aliphatic heterocycles. The normalized spacial score (nSPS) is 11.6. The van der Waals surface area contributed by atoms with Gasteiger partial charge >= 0.3 is 11.9 Å². The van der Waals surface area contributed by atoms with Gasteiger partial charge < -0.3 is 29.4 Å². The fraction of sp³-hybridized carbons (Fsp3) is 0.286. The number of β-amino-alcohol motifs (C(OH)–C–C–N with tert-alkyl or cyclic N) is 1. The van der Waals surface area contributed by atoms with Gasteiger partial charge in [-0.1, -0.05) is 42.5 Å². The first-order valence-electron chi connectivity index (χ1n) is 11.5. The molecule has 3 rings (SSSR count). The van der Waals surface area contributed by atoms with Gasteiger partial charge in [-0.2, -0.15) is 0 Å². The van der Waals surface area contributed by atoms with E-state index in [1.165, 1.54) is 12.1 Å². The molecule has 1 atom stereocenters. The van der Waals surface area contributed by atoms with Crippen LogP contribution in [0.4, 0.5) is 0 Å². The Labute approximate surface area is 222 Å². The molecule has 198 valence electrons. The highest BCUT2D eigenvalue weighted by Gasteiger charge is 2.19. The van der Waals surface area contributed by atoms with Crippen molar-refractivity contribution in [2.24, 2.45) is 0 Å². The van der Waals surface area contributed by atoms with Crippen LogP contribution in [0, 0.1) is 0 Å². The maximum absolute atomic E-state index is 12.5. The number of nitrogens with one attached hydrogen (secondary N) is 1. The van der Waals surface area contributed by atoms with E-state index >= 15 is 0 Å². The van der Waals surface area contributed by atoms with Crippen LogP contribution in [0.1, 0.15) is 32.4 Å². The Kier molecular flexibility index (Phi) is 11.4. The van der Waals surface area contributed by atoms with Crippen LogP contribution in [-0.4, -0.2) is 42.3 Å². The summed E-state index contributed by atoms with van der Waals surface area (Å²) in [5.41, 5.74) is 0.290. The number of hydrogen-bond donors (Lipinski definition) is 2. The summed E-state index contributed by atoms with van der Waals surface area (Å²) in [5, 5.41) is 13.8. The molecule has 3 aromatic rings. The predicted molar refractivity (Wildman–Crippen MR) is 142 cm³/mol. The molecule has 0 aromatic heterocycles. The highest BCUT2D eigenvalue weighted by Crippen LogP contribution is 2.31. The molecule has 3 aromatic carbocycles. The number of hydrogen-bond acceptors (Lipinski definition) is 8. The zero-order valence-corrected chi connectivity index (χ0v) is 21.8. The van der Waals surface area contributed by atoms with Gasteiger partial charge in [-0.25, -0.2) is 9.59 Å². The highest BCUT2D eigenvalue weighted by atomic mass is 35.5. The lowest BCUT2D eigenvalue weighted by Crippen LogP contribution is -2.38. The minimum absolute atomic E-state index is 0. The molecule has 0 aliphatic carbocycles. The first kappa shape index (κ1) is 29.6. The summed E-state index contributed by atoms with van der Waals surface area (Å²) in [5.74, 6) is -0.349. The molecule has 1 unspecified atom stereocenters. The number of para-hydroxylation sites is 2. The summed E-state index contributed by atoms with van der Waals surface area (Å²) in [6, 6.07) is 22.2. The van der Waals surface area contributed by atoms with Crippen molar-refractivity contribution < 1.29 is 33.6 Å². The smallest absolute Gasteiger partial charge is 0.349 e. The maximum atomic E-state index is 12.5. The van der Waals surface area contributed by atoms with E-state index in [-0.39, 0.29) is 49.2 Å². The van der Waals surface area contributed by atoms with E-state index < -0.39 is 18.0 Å². The zero-order valence-electron chi connectivity index (χ0n) is 21.0. The Hall–Kier alpha value is -3.59. The summed E-state index contributed by atoms with van der Waals surface area (Å²) in [7, 11) is 0. The van der Waals surface area contributed by atoms with Crippen LogP contribution < -0.4 is 24.3 Å². The molecule has 0 radical (unpaired) electrons. The number of rotatable bonds is 11. The van der Waals surface area contributed by atoms with Crippen LogP contribution in [0.3, 0.4) is 0 Å². The van der Waals surface area contributed by atoms with E-state index in [2.05, 4.69) is 5.32 Å². The average Bonchev–Trinajstić information content (AvgIpc) is 2.86. The van der Waals surface area contributed by atoms with Crippen molar-refractivity contribution in [3.63, 3.8) is 0 Å². The second-order valence-corrected chi connectivity index (χ2v) is 9.00. The van der Waals surface area contributed by atoms with Gasteiger partial charge in [0.1, 0.15) is 11.5 Å². The molecule has 9 heteroatoms. The number of benzene rings is 3. The number of aliphatic hydroxyl groups excluding tert-OH is 1. The molecule has 37 heavy (non-hydrogen) atoms.